The van der Waals surface area contributed by atoms with Gasteiger partial charge in [0.1, 0.15) is 22.9 Å². The van der Waals surface area contributed by atoms with Crippen molar-refractivity contribution in [1.29, 1.82) is 5.26 Å². The molecule has 0 fully saturated rings. The molecule has 0 saturated carbocycles. The highest BCUT2D eigenvalue weighted by Crippen LogP contribution is 2.32. The lowest BCUT2D eigenvalue weighted by Crippen LogP contribution is -1.89. The molecule has 2 aromatic carbocycles. The Balaban J connectivity index is 1.62. The summed E-state index contributed by atoms with van der Waals surface area (Å²) >= 11 is 0. The number of nitrogens with zero attached hydrogens (tertiary/aromatic N) is 3. The number of nitriles is 1. The second-order valence-electron chi connectivity index (χ2n) is 6.26. The first-order chi connectivity index (χ1) is 13.3. The van der Waals surface area contributed by atoms with Crippen LogP contribution in [0.2, 0.25) is 0 Å². The molecule has 0 radical (unpaired) electrons. The number of furan rings is 1. The zero-order valence-electron chi connectivity index (χ0n) is 14.3. The fourth-order valence-corrected chi connectivity index (χ4v) is 3.29. The molecular formula is C23H13N3O. The maximum absolute atomic E-state index is 9.06. The van der Waals surface area contributed by atoms with E-state index >= 15 is 0 Å². The molecule has 0 aliphatic rings. The van der Waals surface area contributed by atoms with Crippen molar-refractivity contribution in [2.75, 3.05) is 0 Å². The molecule has 0 N–H and O–H groups in total. The SMILES string of the molecule is N#Cc1cc(-c2cccc(-c3ccc4c(c3)oc3ccccc34)n2)ccn1. The van der Waals surface area contributed by atoms with E-state index in [1.165, 1.54) is 0 Å². The zero-order valence-corrected chi connectivity index (χ0v) is 14.3. The highest BCUT2D eigenvalue weighted by Gasteiger charge is 2.09. The van der Waals surface area contributed by atoms with Gasteiger partial charge < -0.3 is 4.42 Å². The van der Waals surface area contributed by atoms with Gasteiger partial charge in [0.05, 0.1) is 11.4 Å². The van der Waals surface area contributed by atoms with Crippen LogP contribution < -0.4 is 0 Å². The van der Waals surface area contributed by atoms with Crippen LogP contribution in [0.15, 0.2) is 83.4 Å². The lowest BCUT2D eigenvalue weighted by Gasteiger charge is -2.05. The van der Waals surface area contributed by atoms with Crippen LogP contribution in [0, 0.1) is 11.3 Å². The first kappa shape index (κ1) is 15.3. The average Bonchev–Trinajstić information content (AvgIpc) is 3.11. The molecule has 27 heavy (non-hydrogen) atoms. The van der Waals surface area contributed by atoms with E-state index < -0.39 is 0 Å². The van der Waals surface area contributed by atoms with E-state index in [0.29, 0.717) is 5.69 Å². The fraction of sp³-hybridized carbons (Fsp3) is 0. The maximum Gasteiger partial charge on any atom is 0.141 e. The third-order valence-corrected chi connectivity index (χ3v) is 4.59. The molecule has 0 amide bonds. The van der Waals surface area contributed by atoms with Crippen LogP contribution in [-0.2, 0) is 0 Å². The Hall–Kier alpha value is -3.97. The Morgan fingerprint density at radius 3 is 2.37 bits per heavy atom. The Kier molecular flexibility index (Phi) is 3.44. The molecule has 3 heterocycles. The summed E-state index contributed by atoms with van der Waals surface area (Å²) in [4.78, 5) is 8.79. The van der Waals surface area contributed by atoms with Gasteiger partial charge in [0.25, 0.3) is 0 Å². The number of para-hydroxylation sites is 1. The molecule has 4 nitrogen and oxygen atoms in total. The monoisotopic (exact) mass is 347 g/mol. The van der Waals surface area contributed by atoms with E-state index in [1.54, 1.807) is 12.3 Å². The highest BCUT2D eigenvalue weighted by atomic mass is 16.3. The first-order valence-electron chi connectivity index (χ1n) is 8.57. The molecular weight excluding hydrogens is 334 g/mol. The molecule has 126 valence electrons. The Morgan fingerprint density at radius 2 is 1.52 bits per heavy atom. The van der Waals surface area contributed by atoms with E-state index in [2.05, 4.69) is 29.3 Å². The van der Waals surface area contributed by atoms with Crippen LogP contribution in [0.25, 0.3) is 44.5 Å². The number of pyridine rings is 2. The Labute approximate surface area is 155 Å². The summed E-state index contributed by atoms with van der Waals surface area (Å²) < 4.78 is 5.99. The van der Waals surface area contributed by atoms with Gasteiger partial charge in [-0.05, 0) is 42.5 Å². The molecule has 0 spiro atoms. The predicted octanol–water partition coefficient (Wildman–Crippen LogP) is 5.58. The zero-order chi connectivity index (χ0) is 18.2. The summed E-state index contributed by atoms with van der Waals surface area (Å²) in [7, 11) is 0. The van der Waals surface area contributed by atoms with Crippen molar-refractivity contribution < 1.29 is 4.42 Å². The fourth-order valence-electron chi connectivity index (χ4n) is 3.29. The number of fused-ring (bicyclic) bond motifs is 3. The Bertz CT molecular complexity index is 1340. The van der Waals surface area contributed by atoms with E-state index in [9.17, 15) is 0 Å². The van der Waals surface area contributed by atoms with Crippen LogP contribution in [0.3, 0.4) is 0 Å². The molecule has 5 aromatic rings. The summed E-state index contributed by atoms with van der Waals surface area (Å²) in [5.41, 5.74) is 5.61. The third kappa shape index (κ3) is 2.62. The first-order valence-corrected chi connectivity index (χ1v) is 8.57. The van der Waals surface area contributed by atoms with Gasteiger partial charge >= 0.3 is 0 Å². The minimum Gasteiger partial charge on any atom is -0.456 e. The standard InChI is InChI=1S/C23H13N3O/c24-14-17-12-16(10-11-25-17)21-6-3-5-20(26-21)15-8-9-19-18-4-1-2-7-22(18)27-23(19)13-15/h1-13H. The van der Waals surface area contributed by atoms with E-state index in [0.717, 1.165) is 44.5 Å². The van der Waals surface area contributed by atoms with Gasteiger partial charge in [-0.3, -0.25) is 0 Å². The topological polar surface area (TPSA) is 62.7 Å². The van der Waals surface area contributed by atoms with Gasteiger partial charge in [-0.1, -0.05) is 30.3 Å². The van der Waals surface area contributed by atoms with Crippen molar-refractivity contribution in [2.24, 2.45) is 0 Å². The van der Waals surface area contributed by atoms with Crippen molar-refractivity contribution >= 4 is 21.9 Å². The molecule has 4 heteroatoms. The second-order valence-corrected chi connectivity index (χ2v) is 6.26. The summed E-state index contributed by atoms with van der Waals surface area (Å²) in [6.07, 6.45) is 1.63. The van der Waals surface area contributed by atoms with Crippen LogP contribution in [0.1, 0.15) is 5.69 Å². The molecule has 0 unspecified atom stereocenters. The lowest BCUT2D eigenvalue weighted by molar-refractivity contribution is 0.669. The van der Waals surface area contributed by atoms with Crippen LogP contribution in [0.5, 0.6) is 0 Å². The largest absolute Gasteiger partial charge is 0.456 e. The van der Waals surface area contributed by atoms with E-state index in [-0.39, 0.29) is 0 Å². The lowest BCUT2D eigenvalue weighted by atomic mass is 10.1. The number of benzene rings is 2. The quantitative estimate of drug-likeness (QED) is 0.418. The van der Waals surface area contributed by atoms with Gasteiger partial charge in [-0.2, -0.15) is 5.26 Å². The maximum atomic E-state index is 9.06. The normalized spacial score (nSPS) is 10.9. The van der Waals surface area contributed by atoms with Crippen molar-refractivity contribution in [1.82, 2.24) is 9.97 Å². The van der Waals surface area contributed by atoms with Gasteiger partial charge in [0.15, 0.2) is 0 Å². The van der Waals surface area contributed by atoms with Gasteiger partial charge in [-0.15, -0.1) is 0 Å². The number of hydrogen-bond acceptors (Lipinski definition) is 4. The van der Waals surface area contributed by atoms with Crippen molar-refractivity contribution in [3.8, 4) is 28.6 Å². The smallest absolute Gasteiger partial charge is 0.141 e. The average molecular weight is 347 g/mol. The molecule has 0 saturated heterocycles. The van der Waals surface area contributed by atoms with Crippen LogP contribution in [-0.4, -0.2) is 9.97 Å². The van der Waals surface area contributed by atoms with E-state index in [4.69, 9.17) is 14.7 Å². The van der Waals surface area contributed by atoms with Crippen LogP contribution in [0.4, 0.5) is 0 Å². The summed E-state index contributed by atoms with van der Waals surface area (Å²) in [5.74, 6) is 0. The Morgan fingerprint density at radius 1 is 0.741 bits per heavy atom. The molecule has 0 aliphatic carbocycles. The number of hydrogen-bond donors (Lipinski definition) is 0. The van der Waals surface area contributed by atoms with Crippen LogP contribution >= 0.6 is 0 Å². The number of aromatic nitrogens is 2. The summed E-state index contributed by atoms with van der Waals surface area (Å²) in [5, 5.41) is 11.3. The summed E-state index contributed by atoms with van der Waals surface area (Å²) in [6, 6.07) is 25.7. The minimum absolute atomic E-state index is 0.378. The van der Waals surface area contributed by atoms with E-state index in [1.807, 2.05) is 48.5 Å². The molecule has 0 atom stereocenters. The molecule has 0 bridgehead atoms. The number of rotatable bonds is 2. The van der Waals surface area contributed by atoms with Crippen molar-refractivity contribution in [3.63, 3.8) is 0 Å². The minimum atomic E-state index is 0.378. The molecule has 3 aromatic heterocycles. The van der Waals surface area contributed by atoms with Crippen molar-refractivity contribution in [2.45, 2.75) is 0 Å². The van der Waals surface area contributed by atoms with Gasteiger partial charge in [0, 0.05) is 28.1 Å². The molecule has 5 rings (SSSR count). The van der Waals surface area contributed by atoms with Gasteiger partial charge in [-0.25, -0.2) is 9.97 Å². The van der Waals surface area contributed by atoms with Gasteiger partial charge in [0.2, 0.25) is 0 Å². The third-order valence-electron chi connectivity index (χ3n) is 4.59. The predicted molar refractivity (Wildman–Crippen MR) is 105 cm³/mol. The summed E-state index contributed by atoms with van der Waals surface area (Å²) in [6.45, 7) is 0. The highest BCUT2D eigenvalue weighted by molar-refractivity contribution is 6.05. The second kappa shape index (κ2) is 6.08. The molecule has 0 aliphatic heterocycles. The van der Waals surface area contributed by atoms with Crippen molar-refractivity contribution in [3.05, 3.63) is 84.7 Å².